The van der Waals surface area contributed by atoms with Crippen LogP contribution in [0.25, 0.3) is 0 Å². The van der Waals surface area contributed by atoms with E-state index in [2.05, 4.69) is 64.5 Å². The van der Waals surface area contributed by atoms with Gasteiger partial charge in [0.25, 0.3) is 0 Å². The van der Waals surface area contributed by atoms with E-state index in [1.807, 2.05) is 0 Å². The average Bonchev–Trinajstić information content (AvgIpc) is 2.93. The maximum absolute atomic E-state index is 6.34. The van der Waals surface area contributed by atoms with Gasteiger partial charge in [-0.1, -0.05) is 40.0 Å². The quantitative estimate of drug-likeness (QED) is 0.484. The second-order valence-corrected chi connectivity index (χ2v) is 7.66. The number of hydrogen-bond acceptors (Lipinski definition) is 3. The van der Waals surface area contributed by atoms with E-state index in [0.29, 0.717) is 24.1 Å². The predicted octanol–water partition coefficient (Wildman–Crippen LogP) is 5.23. The fraction of sp³-hybridized carbons (Fsp3) is 0.900. The van der Waals surface area contributed by atoms with Gasteiger partial charge < -0.3 is 14.5 Å². The standard InChI is InChI=1S/C20H40N2O/c1-8-10-11-12-18(7)20(9-2)23-14-19-13-21(16(3)4)15-22(19)17(5)6/h13,16-18,20H,8-12,14-15H2,1-7H3/t18?,20-/m1/s1. The highest BCUT2D eigenvalue weighted by Gasteiger charge is 2.26. The van der Waals surface area contributed by atoms with Gasteiger partial charge in [0.1, 0.15) is 0 Å². The Bertz CT molecular complexity index is 352. The molecule has 0 spiro atoms. The van der Waals surface area contributed by atoms with Crippen molar-refractivity contribution in [1.82, 2.24) is 9.80 Å². The first-order valence-corrected chi connectivity index (χ1v) is 9.75. The summed E-state index contributed by atoms with van der Waals surface area (Å²) in [6.07, 6.45) is 9.06. The van der Waals surface area contributed by atoms with E-state index in [1.165, 1.54) is 31.4 Å². The summed E-state index contributed by atoms with van der Waals surface area (Å²) in [5.74, 6) is 0.655. The van der Waals surface area contributed by atoms with Crippen molar-refractivity contribution in [2.24, 2.45) is 5.92 Å². The van der Waals surface area contributed by atoms with E-state index in [1.54, 1.807) is 0 Å². The van der Waals surface area contributed by atoms with Gasteiger partial charge in [-0.15, -0.1) is 0 Å². The van der Waals surface area contributed by atoms with Gasteiger partial charge >= 0.3 is 0 Å². The molecule has 0 saturated carbocycles. The van der Waals surface area contributed by atoms with E-state index in [9.17, 15) is 0 Å². The lowest BCUT2D eigenvalue weighted by Crippen LogP contribution is -2.36. The summed E-state index contributed by atoms with van der Waals surface area (Å²) < 4.78 is 6.34. The second kappa shape index (κ2) is 10.2. The van der Waals surface area contributed by atoms with Crippen LogP contribution in [0.3, 0.4) is 0 Å². The molecule has 0 aliphatic carbocycles. The van der Waals surface area contributed by atoms with Gasteiger partial charge in [-0.25, -0.2) is 0 Å². The Hall–Kier alpha value is -0.700. The highest BCUT2D eigenvalue weighted by atomic mass is 16.5. The molecule has 2 atom stereocenters. The monoisotopic (exact) mass is 324 g/mol. The second-order valence-electron chi connectivity index (χ2n) is 7.66. The molecule has 136 valence electrons. The molecular weight excluding hydrogens is 284 g/mol. The molecule has 1 unspecified atom stereocenters. The molecule has 3 nitrogen and oxygen atoms in total. The zero-order valence-electron chi connectivity index (χ0n) is 16.6. The van der Waals surface area contributed by atoms with Crippen LogP contribution in [0.15, 0.2) is 11.9 Å². The summed E-state index contributed by atoms with van der Waals surface area (Å²) in [5, 5.41) is 0. The zero-order chi connectivity index (χ0) is 17.4. The maximum atomic E-state index is 6.34. The van der Waals surface area contributed by atoms with Gasteiger partial charge in [-0.2, -0.15) is 0 Å². The zero-order valence-corrected chi connectivity index (χ0v) is 16.6. The number of unbranched alkanes of at least 4 members (excludes halogenated alkanes) is 2. The molecular formula is C20H40N2O. The van der Waals surface area contributed by atoms with Crippen molar-refractivity contribution >= 4 is 0 Å². The van der Waals surface area contributed by atoms with Gasteiger partial charge in [0, 0.05) is 18.3 Å². The van der Waals surface area contributed by atoms with Gasteiger partial charge in [-0.3, -0.25) is 0 Å². The molecule has 0 amide bonds. The number of hydrogen-bond donors (Lipinski definition) is 0. The summed E-state index contributed by atoms with van der Waals surface area (Å²) in [7, 11) is 0. The van der Waals surface area contributed by atoms with Crippen molar-refractivity contribution in [3.63, 3.8) is 0 Å². The molecule has 1 heterocycles. The van der Waals surface area contributed by atoms with Crippen LogP contribution in [0.1, 0.15) is 80.6 Å². The molecule has 0 aromatic heterocycles. The van der Waals surface area contributed by atoms with Gasteiger partial charge in [0.2, 0.25) is 0 Å². The van der Waals surface area contributed by atoms with E-state index in [4.69, 9.17) is 4.74 Å². The van der Waals surface area contributed by atoms with Crippen molar-refractivity contribution in [2.75, 3.05) is 13.3 Å². The minimum Gasteiger partial charge on any atom is -0.372 e. The third kappa shape index (κ3) is 6.37. The SMILES string of the molecule is CCCCCC(C)[C@@H](CC)OCC1=CN(C(C)C)CN1C(C)C. The molecule has 1 aliphatic heterocycles. The number of nitrogens with zero attached hydrogens (tertiary/aromatic N) is 2. The molecule has 0 fully saturated rings. The largest absolute Gasteiger partial charge is 0.372 e. The van der Waals surface area contributed by atoms with Crippen molar-refractivity contribution in [2.45, 2.75) is 98.8 Å². The van der Waals surface area contributed by atoms with Crippen molar-refractivity contribution in [3.8, 4) is 0 Å². The molecule has 0 aromatic rings. The summed E-state index contributed by atoms with van der Waals surface area (Å²) in [6, 6.07) is 1.07. The van der Waals surface area contributed by atoms with Gasteiger partial charge in [-0.05, 0) is 46.5 Å². The summed E-state index contributed by atoms with van der Waals surface area (Å²) in [5.41, 5.74) is 1.34. The third-order valence-electron chi connectivity index (χ3n) is 5.03. The third-order valence-corrected chi connectivity index (χ3v) is 5.03. The Kier molecular flexibility index (Phi) is 9.04. The molecule has 0 bridgehead atoms. The smallest absolute Gasteiger partial charge is 0.0902 e. The Balaban J connectivity index is 2.56. The molecule has 23 heavy (non-hydrogen) atoms. The lowest BCUT2D eigenvalue weighted by atomic mass is 9.96. The Morgan fingerprint density at radius 1 is 1.04 bits per heavy atom. The molecule has 0 radical (unpaired) electrons. The maximum Gasteiger partial charge on any atom is 0.0902 e. The minimum atomic E-state index is 0.384. The van der Waals surface area contributed by atoms with Crippen LogP contribution >= 0.6 is 0 Å². The minimum absolute atomic E-state index is 0.384. The van der Waals surface area contributed by atoms with Crippen LogP contribution < -0.4 is 0 Å². The van der Waals surface area contributed by atoms with Gasteiger partial charge in [0.15, 0.2) is 0 Å². The van der Waals surface area contributed by atoms with Crippen LogP contribution in [0.2, 0.25) is 0 Å². The summed E-state index contributed by atoms with van der Waals surface area (Å²) in [4.78, 5) is 4.87. The highest BCUT2D eigenvalue weighted by molar-refractivity contribution is 5.09. The van der Waals surface area contributed by atoms with E-state index >= 15 is 0 Å². The van der Waals surface area contributed by atoms with E-state index < -0.39 is 0 Å². The van der Waals surface area contributed by atoms with Gasteiger partial charge in [0.05, 0.1) is 25.1 Å². The lowest BCUT2D eigenvalue weighted by Gasteiger charge is -2.30. The van der Waals surface area contributed by atoms with Crippen molar-refractivity contribution in [3.05, 3.63) is 11.9 Å². The molecule has 0 saturated heterocycles. The Morgan fingerprint density at radius 2 is 1.74 bits per heavy atom. The fourth-order valence-corrected chi connectivity index (χ4v) is 3.28. The van der Waals surface area contributed by atoms with Crippen molar-refractivity contribution < 1.29 is 4.74 Å². The topological polar surface area (TPSA) is 15.7 Å². The van der Waals surface area contributed by atoms with E-state index in [-0.39, 0.29) is 0 Å². The van der Waals surface area contributed by atoms with Crippen LogP contribution in [0.5, 0.6) is 0 Å². The number of rotatable bonds is 11. The normalized spacial score (nSPS) is 18.0. The number of ether oxygens (including phenoxy) is 1. The fourth-order valence-electron chi connectivity index (χ4n) is 3.28. The Morgan fingerprint density at radius 3 is 2.26 bits per heavy atom. The first-order chi connectivity index (χ1) is 10.9. The Labute approximate surface area is 145 Å². The first kappa shape index (κ1) is 20.3. The van der Waals surface area contributed by atoms with Crippen LogP contribution in [0.4, 0.5) is 0 Å². The molecule has 0 aromatic carbocycles. The van der Waals surface area contributed by atoms with Crippen LogP contribution in [-0.2, 0) is 4.74 Å². The summed E-state index contributed by atoms with van der Waals surface area (Å²) in [6.45, 7) is 17.7. The predicted molar refractivity (Wildman–Crippen MR) is 100 cm³/mol. The van der Waals surface area contributed by atoms with Crippen LogP contribution in [-0.4, -0.2) is 41.3 Å². The molecule has 1 rings (SSSR count). The van der Waals surface area contributed by atoms with E-state index in [0.717, 1.165) is 19.7 Å². The lowest BCUT2D eigenvalue weighted by molar-refractivity contribution is 0.0149. The first-order valence-electron chi connectivity index (χ1n) is 9.75. The summed E-state index contributed by atoms with van der Waals surface area (Å²) >= 11 is 0. The molecule has 1 aliphatic rings. The molecule has 3 heteroatoms. The highest BCUT2D eigenvalue weighted by Crippen LogP contribution is 2.24. The average molecular weight is 325 g/mol. The van der Waals surface area contributed by atoms with Crippen LogP contribution in [0, 0.1) is 5.92 Å². The van der Waals surface area contributed by atoms with Crippen molar-refractivity contribution in [1.29, 1.82) is 0 Å². The molecule has 0 N–H and O–H groups in total.